The normalized spacial score (nSPS) is 18.3. The predicted molar refractivity (Wildman–Crippen MR) is 92.8 cm³/mol. The summed E-state index contributed by atoms with van der Waals surface area (Å²) in [6.45, 7) is 0.758. The van der Waals surface area contributed by atoms with Crippen molar-refractivity contribution in [2.24, 2.45) is 5.16 Å². The van der Waals surface area contributed by atoms with Gasteiger partial charge in [-0.15, -0.1) is 11.3 Å². The lowest BCUT2D eigenvalue weighted by atomic mass is 9.97. The molecule has 2 aromatic rings. The van der Waals surface area contributed by atoms with Crippen molar-refractivity contribution in [3.63, 3.8) is 0 Å². The summed E-state index contributed by atoms with van der Waals surface area (Å²) < 4.78 is 1.85. The minimum atomic E-state index is 0.0770. The van der Waals surface area contributed by atoms with Crippen LogP contribution in [0.1, 0.15) is 41.9 Å². The van der Waals surface area contributed by atoms with Crippen molar-refractivity contribution >= 4 is 44.4 Å². The first kappa shape index (κ1) is 14.9. The Balaban J connectivity index is 1.98. The number of aromatic nitrogens is 2. The molecular formula is C16H16ClN3O2S. The molecule has 0 atom stereocenters. The first-order valence-corrected chi connectivity index (χ1v) is 9.01. The topological polar surface area (TPSA) is 67.5 Å². The lowest BCUT2D eigenvalue weighted by Crippen LogP contribution is -2.24. The van der Waals surface area contributed by atoms with Crippen LogP contribution in [0.3, 0.4) is 0 Å². The van der Waals surface area contributed by atoms with Crippen LogP contribution >= 0.6 is 22.9 Å². The van der Waals surface area contributed by atoms with Gasteiger partial charge in [-0.1, -0.05) is 23.2 Å². The van der Waals surface area contributed by atoms with Crippen molar-refractivity contribution in [3.8, 4) is 0 Å². The van der Waals surface area contributed by atoms with E-state index in [-0.39, 0.29) is 5.56 Å². The zero-order valence-corrected chi connectivity index (χ0v) is 14.1. The molecule has 5 nitrogen and oxygen atoms in total. The smallest absolute Gasteiger partial charge is 0.262 e. The summed E-state index contributed by atoms with van der Waals surface area (Å²) in [5.74, 6) is 0.899. The molecule has 120 valence electrons. The summed E-state index contributed by atoms with van der Waals surface area (Å²) in [5, 5.41) is 13.1. The highest BCUT2D eigenvalue weighted by atomic mass is 35.5. The largest absolute Gasteiger partial charge is 0.411 e. The van der Waals surface area contributed by atoms with Crippen LogP contribution in [0.4, 0.5) is 0 Å². The highest BCUT2D eigenvalue weighted by molar-refractivity contribution is 7.20. The molecule has 0 spiro atoms. The second-order valence-corrected chi connectivity index (χ2v) is 7.35. The summed E-state index contributed by atoms with van der Waals surface area (Å²) in [6.07, 6.45) is 6.90. The number of halogens is 1. The third-order valence-electron chi connectivity index (χ3n) is 4.61. The summed E-state index contributed by atoms with van der Waals surface area (Å²) >= 11 is 7.93. The molecule has 0 amide bonds. The highest BCUT2D eigenvalue weighted by Crippen LogP contribution is 2.41. The van der Waals surface area contributed by atoms with Crippen molar-refractivity contribution in [1.82, 2.24) is 9.55 Å². The van der Waals surface area contributed by atoms with Crippen LogP contribution in [0, 0.1) is 0 Å². The lowest BCUT2D eigenvalue weighted by Gasteiger charge is -2.13. The van der Waals surface area contributed by atoms with Gasteiger partial charge in [-0.05, 0) is 36.8 Å². The maximum atomic E-state index is 13.0. The van der Waals surface area contributed by atoms with Gasteiger partial charge in [0.2, 0.25) is 0 Å². The molecule has 0 fully saturated rings. The molecule has 23 heavy (non-hydrogen) atoms. The molecule has 0 radical (unpaired) electrons. The van der Waals surface area contributed by atoms with Crippen molar-refractivity contribution < 1.29 is 5.21 Å². The average molecular weight is 350 g/mol. The van der Waals surface area contributed by atoms with E-state index in [2.05, 4.69) is 5.16 Å². The number of fused-ring (bicyclic) bond motifs is 4. The van der Waals surface area contributed by atoms with Gasteiger partial charge in [-0.3, -0.25) is 9.36 Å². The van der Waals surface area contributed by atoms with Crippen molar-refractivity contribution in [2.45, 2.75) is 45.1 Å². The quantitative estimate of drug-likeness (QED) is 0.486. The van der Waals surface area contributed by atoms with Crippen LogP contribution in [-0.4, -0.2) is 21.0 Å². The fourth-order valence-corrected chi connectivity index (χ4v) is 5.03. The number of allylic oxidation sites excluding steroid dienone is 1. The van der Waals surface area contributed by atoms with E-state index in [1.165, 1.54) is 17.6 Å². The highest BCUT2D eigenvalue weighted by Gasteiger charge is 2.26. The van der Waals surface area contributed by atoms with Gasteiger partial charge in [0.15, 0.2) is 0 Å². The predicted octanol–water partition coefficient (Wildman–Crippen LogP) is 3.54. The van der Waals surface area contributed by atoms with Crippen molar-refractivity contribution in [3.05, 3.63) is 32.2 Å². The van der Waals surface area contributed by atoms with E-state index < -0.39 is 0 Å². The molecule has 2 aliphatic rings. The molecule has 0 aromatic carbocycles. The Morgan fingerprint density at radius 3 is 2.96 bits per heavy atom. The molecule has 0 saturated heterocycles. The minimum Gasteiger partial charge on any atom is -0.411 e. The average Bonchev–Trinajstić information content (AvgIpc) is 2.74. The molecule has 1 N–H and O–H groups in total. The van der Waals surface area contributed by atoms with Gasteiger partial charge < -0.3 is 5.21 Å². The van der Waals surface area contributed by atoms with Gasteiger partial charge in [0.25, 0.3) is 5.56 Å². The Bertz CT molecular complexity index is 910. The van der Waals surface area contributed by atoms with Crippen LogP contribution in [0.25, 0.3) is 15.2 Å². The monoisotopic (exact) mass is 349 g/mol. The Kier molecular flexibility index (Phi) is 3.73. The van der Waals surface area contributed by atoms with Gasteiger partial charge in [-0.2, -0.15) is 0 Å². The molecule has 4 rings (SSSR count). The molecule has 1 aliphatic carbocycles. The Hall–Kier alpha value is -1.66. The number of aryl methyl sites for hydroxylation is 2. The third-order valence-corrected chi connectivity index (χ3v) is 6.30. The standard InChI is InChI=1S/C16H16ClN3O2S/c17-13-9(8-18-22)5-6-10-12-15(23-14(10)13)19-11-4-2-1-3-7-20(11)16(12)21/h8,22H,1-7H2/b18-8+. The number of oxime groups is 1. The van der Waals surface area contributed by atoms with Crippen LogP contribution < -0.4 is 5.56 Å². The van der Waals surface area contributed by atoms with E-state index in [1.807, 2.05) is 4.57 Å². The Morgan fingerprint density at radius 1 is 1.26 bits per heavy atom. The van der Waals surface area contributed by atoms with Gasteiger partial charge >= 0.3 is 0 Å². The number of hydrogen-bond acceptors (Lipinski definition) is 5. The van der Waals surface area contributed by atoms with Crippen LogP contribution in [0.2, 0.25) is 0 Å². The first-order valence-electron chi connectivity index (χ1n) is 7.82. The van der Waals surface area contributed by atoms with E-state index in [0.717, 1.165) is 70.7 Å². The molecule has 2 aromatic heterocycles. The number of thiophene rings is 1. The van der Waals surface area contributed by atoms with Gasteiger partial charge in [0, 0.05) is 13.0 Å². The second-order valence-electron chi connectivity index (χ2n) is 5.97. The van der Waals surface area contributed by atoms with Crippen molar-refractivity contribution in [2.75, 3.05) is 0 Å². The van der Waals surface area contributed by atoms with E-state index in [1.54, 1.807) is 0 Å². The summed E-state index contributed by atoms with van der Waals surface area (Å²) in [4.78, 5) is 19.4. The SMILES string of the molecule is O=c1c2c3c(sc2nc2n1CCCCC2)C(Cl)=C(/C=N/O)CC3. The Labute approximate surface area is 141 Å². The van der Waals surface area contributed by atoms with Gasteiger partial charge in [0.1, 0.15) is 10.7 Å². The van der Waals surface area contributed by atoms with Gasteiger partial charge in [0.05, 0.1) is 21.5 Å². The van der Waals surface area contributed by atoms with E-state index in [0.29, 0.717) is 11.5 Å². The maximum Gasteiger partial charge on any atom is 0.262 e. The zero-order chi connectivity index (χ0) is 16.0. The van der Waals surface area contributed by atoms with Crippen molar-refractivity contribution in [1.29, 1.82) is 0 Å². The van der Waals surface area contributed by atoms with Crippen LogP contribution in [-0.2, 0) is 19.4 Å². The molecule has 0 unspecified atom stereocenters. The Morgan fingerprint density at radius 2 is 2.13 bits per heavy atom. The second kappa shape index (κ2) is 5.76. The number of rotatable bonds is 1. The molecule has 7 heteroatoms. The van der Waals surface area contributed by atoms with Gasteiger partial charge in [-0.25, -0.2) is 4.98 Å². The summed E-state index contributed by atoms with van der Waals surface area (Å²) in [6, 6.07) is 0. The molecule has 0 bridgehead atoms. The molecule has 0 saturated carbocycles. The number of hydrogen-bond donors (Lipinski definition) is 1. The summed E-state index contributed by atoms with van der Waals surface area (Å²) in [5.41, 5.74) is 1.88. The van der Waals surface area contributed by atoms with E-state index in [4.69, 9.17) is 21.8 Å². The fraction of sp³-hybridized carbons (Fsp3) is 0.438. The fourth-order valence-electron chi connectivity index (χ4n) is 3.45. The van der Waals surface area contributed by atoms with Crippen LogP contribution in [0.5, 0.6) is 0 Å². The summed E-state index contributed by atoms with van der Waals surface area (Å²) in [7, 11) is 0. The lowest BCUT2D eigenvalue weighted by molar-refractivity contribution is 0.321. The van der Waals surface area contributed by atoms with Crippen LogP contribution in [0.15, 0.2) is 15.5 Å². The third kappa shape index (κ3) is 2.32. The molecular weight excluding hydrogens is 334 g/mol. The molecule has 1 aliphatic heterocycles. The zero-order valence-electron chi connectivity index (χ0n) is 12.5. The molecule has 3 heterocycles. The van der Waals surface area contributed by atoms with E-state index in [9.17, 15) is 4.79 Å². The number of nitrogens with zero attached hydrogens (tertiary/aromatic N) is 3. The van der Waals surface area contributed by atoms with E-state index >= 15 is 0 Å². The maximum absolute atomic E-state index is 13.0. The minimum absolute atomic E-state index is 0.0770. The first-order chi connectivity index (χ1) is 11.2.